The molecule has 0 aliphatic carbocycles. The summed E-state index contributed by atoms with van der Waals surface area (Å²) in [6.07, 6.45) is -0.993. The van der Waals surface area contributed by atoms with Crippen molar-refractivity contribution in [3.63, 3.8) is 0 Å². The third-order valence-electron chi connectivity index (χ3n) is 4.43. The molecule has 6 nitrogen and oxygen atoms in total. The molecule has 2 heterocycles. The fourth-order valence-electron chi connectivity index (χ4n) is 2.94. The highest BCUT2D eigenvalue weighted by atomic mass is 32.2. The van der Waals surface area contributed by atoms with Crippen molar-refractivity contribution in [2.24, 2.45) is 0 Å². The van der Waals surface area contributed by atoms with Crippen molar-refractivity contribution < 1.29 is 19.1 Å². The second-order valence-corrected chi connectivity index (χ2v) is 8.93. The van der Waals surface area contributed by atoms with Crippen molar-refractivity contribution in [3.05, 3.63) is 46.7 Å². The molecular formula is C20H22N2O4S2. The van der Waals surface area contributed by atoms with E-state index in [9.17, 15) is 14.4 Å². The van der Waals surface area contributed by atoms with Gasteiger partial charge in [-0.3, -0.25) is 19.3 Å². The van der Waals surface area contributed by atoms with Gasteiger partial charge >= 0.3 is 5.97 Å². The molecular weight excluding hydrogens is 396 g/mol. The quantitative estimate of drug-likeness (QED) is 0.725. The van der Waals surface area contributed by atoms with Gasteiger partial charge in [0.05, 0.1) is 17.1 Å². The molecule has 8 heteroatoms. The molecule has 1 N–H and O–H groups in total. The van der Waals surface area contributed by atoms with Gasteiger partial charge in [0.2, 0.25) is 5.91 Å². The predicted molar refractivity (Wildman–Crippen MR) is 113 cm³/mol. The monoisotopic (exact) mass is 418 g/mol. The summed E-state index contributed by atoms with van der Waals surface area (Å²) in [7, 11) is 0. The van der Waals surface area contributed by atoms with E-state index in [2.05, 4.69) is 5.32 Å². The maximum absolute atomic E-state index is 13.1. The molecule has 1 aliphatic rings. The maximum atomic E-state index is 13.1. The summed E-state index contributed by atoms with van der Waals surface area (Å²) in [5, 5.41) is 4.80. The van der Waals surface area contributed by atoms with Crippen LogP contribution in [-0.4, -0.2) is 35.2 Å². The van der Waals surface area contributed by atoms with Crippen LogP contribution in [0, 0.1) is 0 Å². The second kappa shape index (κ2) is 8.36. The number of carbonyl (C=O) groups excluding carboxylic acids is 3. The number of hydrogen-bond acceptors (Lipinski definition) is 6. The van der Waals surface area contributed by atoms with E-state index in [0.29, 0.717) is 11.4 Å². The lowest BCUT2D eigenvalue weighted by Crippen LogP contribution is -2.60. The molecule has 1 aromatic carbocycles. The number of carbonyl (C=O) groups is 3. The Labute approximate surface area is 172 Å². The highest BCUT2D eigenvalue weighted by Gasteiger charge is 2.45. The summed E-state index contributed by atoms with van der Waals surface area (Å²) in [5.74, 6) is -0.277. The molecule has 2 aromatic rings. The third-order valence-corrected chi connectivity index (χ3v) is 6.44. The van der Waals surface area contributed by atoms with Gasteiger partial charge in [-0.05, 0) is 44.4 Å². The van der Waals surface area contributed by atoms with Crippen molar-refractivity contribution >= 4 is 52.3 Å². The van der Waals surface area contributed by atoms with Crippen LogP contribution in [0.2, 0.25) is 0 Å². The molecule has 28 heavy (non-hydrogen) atoms. The number of thioether (sulfide) groups is 1. The molecule has 3 rings (SSSR count). The van der Waals surface area contributed by atoms with E-state index < -0.39 is 23.5 Å². The number of amides is 2. The fraction of sp³-hybridized carbons (Fsp3) is 0.350. The Bertz CT molecular complexity index is 880. The summed E-state index contributed by atoms with van der Waals surface area (Å²) in [4.78, 5) is 40.3. The van der Waals surface area contributed by atoms with Crippen molar-refractivity contribution in [1.29, 1.82) is 0 Å². The van der Waals surface area contributed by atoms with Gasteiger partial charge in [-0.15, -0.1) is 23.1 Å². The second-order valence-electron chi connectivity index (χ2n) is 6.91. The van der Waals surface area contributed by atoms with Gasteiger partial charge in [-0.25, -0.2) is 0 Å². The van der Waals surface area contributed by atoms with Crippen LogP contribution >= 0.6 is 23.1 Å². The number of esters is 1. The van der Waals surface area contributed by atoms with Crippen LogP contribution in [0.1, 0.15) is 25.6 Å². The highest BCUT2D eigenvalue weighted by molar-refractivity contribution is 7.99. The number of nitrogens with zero attached hydrogens (tertiary/aromatic N) is 1. The first-order valence-corrected chi connectivity index (χ1v) is 10.9. The molecule has 0 saturated heterocycles. The standard InChI is InChI=1S/C20H22N2O4S2/c1-13(26-17(23)12-27-11-14-7-6-10-28-14)18(24)22-16-9-5-4-8-15(16)21-19(25)20(22,2)3/h4-10,13H,11-12H2,1-3H3,(H,21,25)/t13-/m0/s1. The Balaban J connectivity index is 1.66. The molecule has 1 atom stereocenters. The molecule has 1 aromatic heterocycles. The van der Waals surface area contributed by atoms with E-state index in [1.54, 1.807) is 49.4 Å². The van der Waals surface area contributed by atoms with Crippen LogP contribution in [-0.2, 0) is 24.9 Å². The van der Waals surface area contributed by atoms with Crippen LogP contribution in [0.25, 0.3) is 0 Å². The summed E-state index contributed by atoms with van der Waals surface area (Å²) in [6.45, 7) is 4.87. The first-order chi connectivity index (χ1) is 13.3. The molecule has 0 fully saturated rings. The van der Waals surface area contributed by atoms with Crippen molar-refractivity contribution in [1.82, 2.24) is 0 Å². The van der Waals surface area contributed by atoms with Gasteiger partial charge in [0, 0.05) is 10.6 Å². The topological polar surface area (TPSA) is 75.7 Å². The molecule has 0 saturated carbocycles. The minimum atomic E-state index is -1.10. The molecule has 0 radical (unpaired) electrons. The lowest BCUT2D eigenvalue weighted by atomic mass is 9.95. The number of fused-ring (bicyclic) bond motifs is 1. The van der Waals surface area contributed by atoms with Crippen molar-refractivity contribution in [2.45, 2.75) is 38.2 Å². The molecule has 148 valence electrons. The average molecular weight is 419 g/mol. The Morgan fingerprint density at radius 3 is 2.71 bits per heavy atom. The Kier molecular flexibility index (Phi) is 6.10. The molecule has 2 amide bonds. The zero-order valence-electron chi connectivity index (χ0n) is 15.9. The predicted octanol–water partition coefficient (Wildman–Crippen LogP) is 3.68. The van der Waals surface area contributed by atoms with Gasteiger partial charge in [-0.2, -0.15) is 0 Å². The van der Waals surface area contributed by atoms with E-state index in [0.717, 1.165) is 5.75 Å². The smallest absolute Gasteiger partial charge is 0.316 e. The Morgan fingerprint density at radius 2 is 2.00 bits per heavy atom. The fourth-order valence-corrected chi connectivity index (χ4v) is 4.58. The number of benzene rings is 1. The van der Waals surface area contributed by atoms with E-state index >= 15 is 0 Å². The zero-order chi connectivity index (χ0) is 20.3. The van der Waals surface area contributed by atoms with Gasteiger partial charge in [0.25, 0.3) is 5.91 Å². The van der Waals surface area contributed by atoms with Gasteiger partial charge < -0.3 is 10.1 Å². The summed E-state index contributed by atoms with van der Waals surface area (Å²) >= 11 is 3.08. The minimum absolute atomic E-state index is 0.163. The van der Waals surface area contributed by atoms with Gasteiger partial charge in [0.1, 0.15) is 5.54 Å². The lowest BCUT2D eigenvalue weighted by Gasteiger charge is -2.42. The summed E-state index contributed by atoms with van der Waals surface area (Å²) in [6, 6.07) is 11.1. The van der Waals surface area contributed by atoms with Crippen LogP contribution in [0.3, 0.4) is 0 Å². The highest BCUT2D eigenvalue weighted by Crippen LogP contribution is 2.37. The van der Waals surface area contributed by atoms with Crippen LogP contribution in [0.5, 0.6) is 0 Å². The Hall–Kier alpha value is -2.32. The van der Waals surface area contributed by atoms with Crippen molar-refractivity contribution in [3.8, 4) is 0 Å². The number of hydrogen-bond donors (Lipinski definition) is 1. The number of nitrogens with one attached hydrogen (secondary N) is 1. The molecule has 0 unspecified atom stereocenters. The number of para-hydroxylation sites is 2. The third kappa shape index (κ3) is 4.23. The first-order valence-electron chi connectivity index (χ1n) is 8.85. The summed E-state index contributed by atoms with van der Waals surface area (Å²) in [5.41, 5.74) is 0.0531. The van der Waals surface area contributed by atoms with Crippen LogP contribution in [0.4, 0.5) is 11.4 Å². The molecule has 0 spiro atoms. The number of ether oxygens (including phenoxy) is 1. The number of thiophene rings is 1. The first kappa shape index (κ1) is 20.4. The van der Waals surface area contributed by atoms with Crippen LogP contribution in [0.15, 0.2) is 41.8 Å². The van der Waals surface area contributed by atoms with Crippen LogP contribution < -0.4 is 10.2 Å². The maximum Gasteiger partial charge on any atom is 0.316 e. The largest absolute Gasteiger partial charge is 0.452 e. The SMILES string of the molecule is C[C@H](OC(=O)CSCc1cccs1)C(=O)N1c2ccccc2NC(=O)C1(C)C. The van der Waals surface area contributed by atoms with E-state index in [1.165, 1.54) is 28.5 Å². The van der Waals surface area contributed by atoms with E-state index in [-0.39, 0.29) is 11.7 Å². The van der Waals surface area contributed by atoms with Crippen molar-refractivity contribution in [2.75, 3.05) is 16.0 Å². The van der Waals surface area contributed by atoms with Gasteiger partial charge in [0.15, 0.2) is 6.10 Å². The lowest BCUT2D eigenvalue weighted by molar-refractivity contribution is -0.151. The average Bonchev–Trinajstić information content (AvgIpc) is 3.15. The zero-order valence-corrected chi connectivity index (χ0v) is 17.6. The normalized spacial score (nSPS) is 16.1. The van der Waals surface area contributed by atoms with Gasteiger partial charge in [-0.1, -0.05) is 18.2 Å². The minimum Gasteiger partial charge on any atom is -0.452 e. The number of rotatable bonds is 6. The Morgan fingerprint density at radius 1 is 1.25 bits per heavy atom. The summed E-state index contributed by atoms with van der Waals surface area (Å²) < 4.78 is 5.35. The molecule has 0 bridgehead atoms. The van der Waals surface area contributed by atoms with E-state index in [4.69, 9.17) is 4.74 Å². The number of anilines is 2. The molecule has 1 aliphatic heterocycles. The van der Waals surface area contributed by atoms with E-state index in [1.807, 2.05) is 17.5 Å².